The molecule has 0 saturated carbocycles. The lowest BCUT2D eigenvalue weighted by Gasteiger charge is -2.12. The monoisotopic (exact) mass is 520 g/mol. The van der Waals surface area contributed by atoms with Crippen LogP contribution in [0.1, 0.15) is 11.1 Å². The molecule has 138 valence electrons. The van der Waals surface area contributed by atoms with Crippen molar-refractivity contribution in [3.63, 3.8) is 0 Å². The van der Waals surface area contributed by atoms with Crippen molar-refractivity contribution >= 4 is 72.4 Å². The van der Waals surface area contributed by atoms with E-state index < -0.39 is 5.91 Å². The smallest absolute Gasteiger partial charge is 0.264 e. The average Bonchev–Trinajstić information content (AvgIpc) is 2.55. The van der Waals surface area contributed by atoms with Crippen molar-refractivity contribution in [1.29, 1.82) is 0 Å². The summed E-state index contributed by atoms with van der Waals surface area (Å²) in [5, 5.41) is 15.9. The molecule has 0 unspecified atom stereocenters. The Labute approximate surface area is 178 Å². The van der Waals surface area contributed by atoms with Crippen LogP contribution in [0.5, 0.6) is 11.5 Å². The minimum atomic E-state index is -0.398. The van der Waals surface area contributed by atoms with Crippen LogP contribution in [-0.4, -0.2) is 22.7 Å². The molecule has 0 aliphatic heterocycles. The number of hydrogen-bond donors (Lipinski definition) is 3. The number of phenolic OH excluding ortho intramolecular Hbond substituents is 1. The van der Waals surface area contributed by atoms with Crippen molar-refractivity contribution in [1.82, 2.24) is 5.32 Å². The zero-order valence-electron chi connectivity index (χ0n) is 13.8. The Kier molecular flexibility index (Phi) is 7.28. The highest BCUT2D eigenvalue weighted by molar-refractivity contribution is 9.11. The van der Waals surface area contributed by atoms with Crippen LogP contribution < -0.4 is 15.4 Å². The highest BCUT2D eigenvalue weighted by atomic mass is 79.9. The van der Waals surface area contributed by atoms with Crippen molar-refractivity contribution < 1.29 is 14.6 Å². The maximum Gasteiger partial charge on any atom is 0.264 e. The lowest BCUT2D eigenvalue weighted by molar-refractivity contribution is -0.121. The minimum absolute atomic E-state index is 0.0763. The van der Waals surface area contributed by atoms with Crippen molar-refractivity contribution in [2.75, 3.05) is 11.9 Å². The highest BCUT2D eigenvalue weighted by Gasteiger charge is 2.10. The Balaban J connectivity index is 1.90. The van der Waals surface area contributed by atoms with E-state index in [9.17, 15) is 9.90 Å². The molecule has 0 heterocycles. The number of nitrogens with one attached hydrogen (secondary N) is 2. The van der Waals surface area contributed by atoms with Crippen molar-refractivity contribution in [2.24, 2.45) is 0 Å². The largest absolute Gasteiger partial charge is 0.506 e. The number of ether oxygens (including phenoxy) is 1. The third-order valence-electron chi connectivity index (χ3n) is 3.31. The molecule has 0 bridgehead atoms. The zero-order valence-corrected chi connectivity index (χ0v) is 18.6. The van der Waals surface area contributed by atoms with Gasteiger partial charge in [0.05, 0.1) is 8.95 Å². The lowest BCUT2D eigenvalue weighted by atomic mass is 10.1. The molecule has 0 aromatic heterocycles. The van der Waals surface area contributed by atoms with Crippen molar-refractivity contribution in [3.8, 4) is 11.5 Å². The summed E-state index contributed by atoms with van der Waals surface area (Å²) in [6.07, 6.45) is 0. The fourth-order valence-electron chi connectivity index (χ4n) is 2.10. The van der Waals surface area contributed by atoms with E-state index in [1.807, 2.05) is 13.8 Å². The van der Waals surface area contributed by atoms with Gasteiger partial charge in [-0.15, -0.1) is 0 Å². The number of thiocarbonyl (C=S) groups is 1. The second-order valence-electron chi connectivity index (χ2n) is 5.45. The van der Waals surface area contributed by atoms with Crippen LogP contribution in [0.2, 0.25) is 5.02 Å². The number of aromatic hydroxyl groups is 1. The van der Waals surface area contributed by atoms with Gasteiger partial charge in [-0.3, -0.25) is 10.1 Å². The highest BCUT2D eigenvalue weighted by Crippen LogP contribution is 2.35. The van der Waals surface area contributed by atoms with Gasteiger partial charge < -0.3 is 15.2 Å². The summed E-state index contributed by atoms with van der Waals surface area (Å²) in [6.45, 7) is 3.55. The molecule has 9 heteroatoms. The fourth-order valence-corrected chi connectivity index (χ4v) is 3.63. The van der Waals surface area contributed by atoms with Crippen LogP contribution in [0.15, 0.2) is 33.2 Å². The van der Waals surface area contributed by atoms with E-state index in [2.05, 4.69) is 42.5 Å². The predicted octanol–water partition coefficient (Wildman–Crippen LogP) is 5.08. The van der Waals surface area contributed by atoms with Gasteiger partial charge in [-0.05, 0) is 93.3 Å². The molecule has 0 radical (unpaired) electrons. The molecule has 2 aromatic carbocycles. The number of benzene rings is 2. The minimum Gasteiger partial charge on any atom is -0.506 e. The average molecular weight is 523 g/mol. The van der Waals surface area contributed by atoms with Gasteiger partial charge in [-0.1, -0.05) is 11.6 Å². The number of aryl methyl sites for hydroxylation is 2. The van der Waals surface area contributed by atoms with Crippen LogP contribution in [0.4, 0.5) is 5.69 Å². The molecule has 0 atom stereocenters. The first kappa shape index (κ1) is 21.0. The molecule has 2 rings (SSSR count). The van der Waals surface area contributed by atoms with Crippen molar-refractivity contribution in [3.05, 3.63) is 49.4 Å². The number of phenols is 1. The van der Waals surface area contributed by atoms with E-state index in [1.165, 1.54) is 0 Å². The topological polar surface area (TPSA) is 70.6 Å². The molecule has 26 heavy (non-hydrogen) atoms. The molecule has 0 fully saturated rings. The molecule has 3 N–H and O–H groups in total. The van der Waals surface area contributed by atoms with Gasteiger partial charge in [0.25, 0.3) is 5.91 Å². The Morgan fingerprint density at radius 3 is 2.27 bits per heavy atom. The third kappa shape index (κ3) is 5.57. The molecule has 2 aromatic rings. The first-order chi connectivity index (χ1) is 12.2. The molecular weight excluding hydrogens is 508 g/mol. The summed E-state index contributed by atoms with van der Waals surface area (Å²) in [6, 6.07) is 6.80. The van der Waals surface area contributed by atoms with E-state index >= 15 is 0 Å². The van der Waals surface area contributed by atoms with Crippen molar-refractivity contribution in [2.45, 2.75) is 13.8 Å². The number of carbonyl (C=O) groups excluding carboxylic acids is 1. The number of rotatable bonds is 4. The fraction of sp³-hybridized carbons (Fsp3) is 0.176. The molecule has 0 spiro atoms. The van der Waals surface area contributed by atoms with E-state index in [0.29, 0.717) is 25.4 Å². The number of hydrogen-bond acceptors (Lipinski definition) is 4. The molecule has 0 aliphatic rings. The number of amides is 1. The Morgan fingerprint density at radius 1 is 1.19 bits per heavy atom. The van der Waals surface area contributed by atoms with E-state index in [4.69, 9.17) is 28.6 Å². The van der Waals surface area contributed by atoms with Gasteiger partial charge in [0.1, 0.15) is 11.5 Å². The molecule has 1 amide bonds. The van der Waals surface area contributed by atoms with Crippen LogP contribution in [0.3, 0.4) is 0 Å². The normalized spacial score (nSPS) is 10.3. The summed E-state index contributed by atoms with van der Waals surface area (Å²) in [7, 11) is 0. The maximum absolute atomic E-state index is 12.0. The van der Waals surface area contributed by atoms with E-state index in [1.54, 1.807) is 24.3 Å². The standard InChI is InChI=1S/C17H15Br2ClN2O3S/c1-8-3-11(4-9(2)15(8)20)25-7-14(23)22-17(26)21-10-5-12(18)16(24)13(19)6-10/h3-6,24H,7H2,1-2H3,(H2,21,22,23,26). The van der Waals surface area contributed by atoms with Gasteiger partial charge in [0.15, 0.2) is 11.7 Å². The summed E-state index contributed by atoms with van der Waals surface area (Å²) in [5.41, 5.74) is 2.35. The first-order valence-corrected chi connectivity index (χ1v) is 9.73. The number of carbonyl (C=O) groups is 1. The SMILES string of the molecule is Cc1cc(OCC(=O)NC(=S)Nc2cc(Br)c(O)c(Br)c2)cc(C)c1Cl. The summed E-state index contributed by atoms with van der Waals surface area (Å²) in [4.78, 5) is 12.0. The van der Waals surface area contributed by atoms with Gasteiger partial charge in [-0.2, -0.15) is 0 Å². The second-order valence-corrected chi connectivity index (χ2v) is 7.95. The predicted molar refractivity (Wildman–Crippen MR) is 114 cm³/mol. The number of anilines is 1. The Hall–Kier alpha value is -1.35. The summed E-state index contributed by atoms with van der Waals surface area (Å²) in [5.74, 6) is 0.238. The van der Waals surface area contributed by atoms with Gasteiger partial charge in [0, 0.05) is 10.7 Å². The quantitative estimate of drug-likeness (QED) is 0.386. The first-order valence-electron chi connectivity index (χ1n) is 7.35. The van der Waals surface area contributed by atoms with Crippen LogP contribution in [-0.2, 0) is 4.79 Å². The maximum atomic E-state index is 12.0. The van der Waals surface area contributed by atoms with Gasteiger partial charge >= 0.3 is 0 Å². The molecule has 5 nitrogen and oxygen atoms in total. The van der Waals surface area contributed by atoms with Crippen LogP contribution >= 0.6 is 55.7 Å². The molecule has 0 saturated heterocycles. The third-order valence-corrected chi connectivity index (χ3v) is 5.32. The van der Waals surface area contributed by atoms with Gasteiger partial charge in [0.2, 0.25) is 0 Å². The summed E-state index contributed by atoms with van der Waals surface area (Å²) < 4.78 is 6.46. The Morgan fingerprint density at radius 2 is 1.73 bits per heavy atom. The summed E-state index contributed by atoms with van der Waals surface area (Å²) >= 11 is 17.7. The second kappa shape index (κ2) is 9.03. The molecule has 0 aliphatic carbocycles. The number of halogens is 3. The Bertz CT molecular complexity index is 831. The molecular formula is C17H15Br2ClN2O3S. The van der Waals surface area contributed by atoms with Crippen LogP contribution in [0.25, 0.3) is 0 Å². The van der Waals surface area contributed by atoms with E-state index in [0.717, 1.165) is 11.1 Å². The van der Waals surface area contributed by atoms with Crippen LogP contribution in [0, 0.1) is 13.8 Å². The van der Waals surface area contributed by atoms with Gasteiger partial charge in [-0.25, -0.2) is 0 Å². The van der Waals surface area contributed by atoms with E-state index in [-0.39, 0.29) is 17.5 Å². The zero-order chi connectivity index (χ0) is 19.4. The lowest BCUT2D eigenvalue weighted by Crippen LogP contribution is -2.37.